The Balaban J connectivity index is 2.08. The number of hydrogen-bond acceptors (Lipinski definition) is 5. The van der Waals surface area contributed by atoms with E-state index in [0.29, 0.717) is 39.6 Å². The number of ether oxygens (including phenoxy) is 3. The maximum atomic E-state index is 9.95. The Labute approximate surface area is 120 Å². The van der Waals surface area contributed by atoms with Crippen molar-refractivity contribution >= 4 is 0 Å². The van der Waals surface area contributed by atoms with Gasteiger partial charge in [0.15, 0.2) is 0 Å². The first kappa shape index (κ1) is 17.1. The molecule has 1 aromatic carbocycles. The molecule has 0 aliphatic carbocycles. The van der Waals surface area contributed by atoms with Gasteiger partial charge in [0, 0.05) is 26.9 Å². The fourth-order valence-electron chi connectivity index (χ4n) is 1.67. The number of aliphatic hydroxyl groups excluding tert-OH is 1. The van der Waals surface area contributed by atoms with Gasteiger partial charge in [0.2, 0.25) is 0 Å². The molecule has 5 nitrogen and oxygen atoms in total. The van der Waals surface area contributed by atoms with Crippen LogP contribution < -0.4 is 5.73 Å². The molecular weight excluding hydrogens is 258 g/mol. The molecule has 0 saturated carbocycles. The Kier molecular flexibility index (Phi) is 9.19. The highest BCUT2D eigenvalue weighted by molar-refractivity contribution is 5.23. The summed E-state index contributed by atoms with van der Waals surface area (Å²) in [5, 5.41) is 9.95. The molecule has 3 N–H and O–H groups in total. The molecule has 1 aromatic rings. The second-order valence-electron chi connectivity index (χ2n) is 4.50. The van der Waals surface area contributed by atoms with Gasteiger partial charge in [-0.25, -0.2) is 0 Å². The van der Waals surface area contributed by atoms with E-state index in [1.54, 1.807) is 7.11 Å². The molecule has 0 amide bonds. The van der Waals surface area contributed by atoms with Crippen molar-refractivity contribution < 1.29 is 19.3 Å². The summed E-state index contributed by atoms with van der Waals surface area (Å²) >= 11 is 0. The molecule has 0 aromatic heterocycles. The molecule has 0 fully saturated rings. The summed E-state index contributed by atoms with van der Waals surface area (Å²) in [7, 11) is 1.65. The smallest absolute Gasteiger partial charge is 0.102 e. The van der Waals surface area contributed by atoms with Gasteiger partial charge in [-0.3, -0.25) is 0 Å². The number of nitrogens with two attached hydrogens (primary N) is 1. The minimum Gasteiger partial charge on any atom is -0.386 e. The van der Waals surface area contributed by atoms with E-state index in [-0.39, 0.29) is 0 Å². The van der Waals surface area contributed by atoms with Gasteiger partial charge in [-0.2, -0.15) is 0 Å². The first-order valence-electron chi connectivity index (χ1n) is 6.89. The van der Waals surface area contributed by atoms with E-state index >= 15 is 0 Å². The highest BCUT2D eigenvalue weighted by atomic mass is 16.5. The molecule has 1 rings (SSSR count). The van der Waals surface area contributed by atoms with Gasteiger partial charge in [-0.15, -0.1) is 0 Å². The van der Waals surface area contributed by atoms with Crippen LogP contribution in [-0.4, -0.2) is 45.3 Å². The minimum atomic E-state index is -0.601. The molecule has 1 unspecified atom stereocenters. The van der Waals surface area contributed by atoms with Crippen LogP contribution in [0.25, 0.3) is 0 Å². The van der Waals surface area contributed by atoms with Gasteiger partial charge in [0.25, 0.3) is 0 Å². The van der Waals surface area contributed by atoms with Crippen molar-refractivity contribution in [3.8, 4) is 0 Å². The first-order valence-corrected chi connectivity index (χ1v) is 6.89. The normalized spacial score (nSPS) is 12.6. The van der Waals surface area contributed by atoms with Gasteiger partial charge < -0.3 is 25.1 Å². The van der Waals surface area contributed by atoms with Crippen LogP contribution >= 0.6 is 0 Å². The minimum absolute atomic E-state index is 0.292. The molecule has 1 atom stereocenters. The molecule has 5 heteroatoms. The highest BCUT2D eigenvalue weighted by Gasteiger charge is 2.07. The molecule has 0 radical (unpaired) electrons. The third kappa shape index (κ3) is 6.98. The summed E-state index contributed by atoms with van der Waals surface area (Å²) in [6.07, 6.45) is 0.207. The summed E-state index contributed by atoms with van der Waals surface area (Å²) in [5.74, 6) is 0. The zero-order valence-electron chi connectivity index (χ0n) is 12.1. The largest absolute Gasteiger partial charge is 0.386 e. The van der Waals surface area contributed by atoms with Crippen molar-refractivity contribution in [1.82, 2.24) is 0 Å². The number of aliphatic hydroxyl groups is 1. The Morgan fingerprint density at radius 3 is 2.40 bits per heavy atom. The van der Waals surface area contributed by atoms with Crippen LogP contribution in [0.2, 0.25) is 0 Å². The average molecular weight is 283 g/mol. The van der Waals surface area contributed by atoms with Crippen molar-refractivity contribution in [3.63, 3.8) is 0 Å². The van der Waals surface area contributed by atoms with Crippen molar-refractivity contribution in [3.05, 3.63) is 35.4 Å². The third-order valence-electron chi connectivity index (χ3n) is 2.89. The Hall–Kier alpha value is -0.980. The topological polar surface area (TPSA) is 73.9 Å². The lowest BCUT2D eigenvalue weighted by atomic mass is 10.1. The van der Waals surface area contributed by atoms with E-state index in [1.165, 1.54) is 0 Å². The SMILES string of the molecule is COCCOCCCOCC(O)c1ccc(CN)cc1. The number of benzene rings is 1. The van der Waals surface area contributed by atoms with E-state index in [9.17, 15) is 5.11 Å². The first-order chi connectivity index (χ1) is 9.77. The lowest BCUT2D eigenvalue weighted by Gasteiger charge is -2.12. The van der Waals surface area contributed by atoms with E-state index in [1.807, 2.05) is 24.3 Å². The standard InChI is InChI=1S/C15H25NO4/c1-18-9-10-19-7-2-8-20-12-15(17)14-5-3-13(11-16)4-6-14/h3-6,15,17H,2,7-12,16H2,1H3. The zero-order valence-corrected chi connectivity index (χ0v) is 12.1. The molecule has 0 aliphatic heterocycles. The second-order valence-corrected chi connectivity index (χ2v) is 4.50. The molecule has 0 saturated heterocycles. The van der Waals surface area contributed by atoms with E-state index < -0.39 is 6.10 Å². The van der Waals surface area contributed by atoms with Crippen LogP contribution in [0.4, 0.5) is 0 Å². The Morgan fingerprint density at radius 2 is 1.75 bits per heavy atom. The van der Waals surface area contributed by atoms with Gasteiger partial charge in [0.05, 0.1) is 19.8 Å². The van der Waals surface area contributed by atoms with Crippen molar-refractivity contribution in [1.29, 1.82) is 0 Å². The van der Waals surface area contributed by atoms with Gasteiger partial charge in [-0.05, 0) is 17.5 Å². The summed E-state index contributed by atoms with van der Waals surface area (Å²) in [6.45, 7) is 3.23. The van der Waals surface area contributed by atoms with E-state index in [0.717, 1.165) is 17.5 Å². The highest BCUT2D eigenvalue weighted by Crippen LogP contribution is 2.14. The summed E-state index contributed by atoms with van der Waals surface area (Å²) in [5.41, 5.74) is 7.42. The monoisotopic (exact) mass is 283 g/mol. The van der Waals surface area contributed by atoms with Crippen LogP contribution in [0.15, 0.2) is 24.3 Å². The number of hydrogen-bond donors (Lipinski definition) is 2. The Morgan fingerprint density at radius 1 is 1.05 bits per heavy atom. The summed E-state index contributed by atoms with van der Waals surface area (Å²) in [4.78, 5) is 0. The fourth-order valence-corrected chi connectivity index (χ4v) is 1.67. The number of methoxy groups -OCH3 is 1. The van der Waals surface area contributed by atoms with Crippen LogP contribution in [0.3, 0.4) is 0 Å². The maximum absolute atomic E-state index is 9.95. The predicted molar refractivity (Wildman–Crippen MR) is 77.4 cm³/mol. The fraction of sp³-hybridized carbons (Fsp3) is 0.600. The van der Waals surface area contributed by atoms with E-state index in [2.05, 4.69) is 0 Å². The quantitative estimate of drug-likeness (QED) is 0.598. The predicted octanol–water partition coefficient (Wildman–Crippen LogP) is 1.25. The van der Waals surface area contributed by atoms with Crippen LogP contribution in [0.5, 0.6) is 0 Å². The van der Waals surface area contributed by atoms with Crippen molar-refractivity contribution in [2.24, 2.45) is 5.73 Å². The molecule has 0 heterocycles. The van der Waals surface area contributed by atoms with Crippen LogP contribution in [0, 0.1) is 0 Å². The molecule has 0 bridgehead atoms. The second kappa shape index (κ2) is 10.8. The van der Waals surface area contributed by atoms with Crippen LogP contribution in [-0.2, 0) is 20.8 Å². The zero-order chi connectivity index (χ0) is 14.6. The molecule has 114 valence electrons. The summed E-state index contributed by atoms with van der Waals surface area (Å²) in [6, 6.07) is 7.60. The molecular formula is C15H25NO4. The van der Waals surface area contributed by atoms with Gasteiger partial charge in [0.1, 0.15) is 6.10 Å². The molecule has 0 spiro atoms. The Bertz CT molecular complexity index is 342. The van der Waals surface area contributed by atoms with Gasteiger partial charge >= 0.3 is 0 Å². The van der Waals surface area contributed by atoms with E-state index in [4.69, 9.17) is 19.9 Å². The van der Waals surface area contributed by atoms with Crippen LogP contribution in [0.1, 0.15) is 23.7 Å². The molecule has 0 aliphatic rings. The molecule has 20 heavy (non-hydrogen) atoms. The number of rotatable bonds is 11. The average Bonchev–Trinajstić information content (AvgIpc) is 2.50. The van der Waals surface area contributed by atoms with Gasteiger partial charge in [-0.1, -0.05) is 24.3 Å². The lowest BCUT2D eigenvalue weighted by Crippen LogP contribution is -2.10. The van der Waals surface area contributed by atoms with Crippen molar-refractivity contribution in [2.45, 2.75) is 19.1 Å². The summed E-state index contributed by atoms with van der Waals surface area (Å²) < 4.78 is 15.6. The third-order valence-corrected chi connectivity index (χ3v) is 2.89. The maximum Gasteiger partial charge on any atom is 0.102 e. The van der Waals surface area contributed by atoms with Crippen molar-refractivity contribution in [2.75, 3.05) is 40.1 Å². The lowest BCUT2D eigenvalue weighted by molar-refractivity contribution is 0.0182.